The molecule has 0 spiro atoms. The molecule has 0 amide bonds. The van der Waals surface area contributed by atoms with E-state index in [-0.39, 0.29) is 11.6 Å². The number of halogens is 1. The quantitative estimate of drug-likeness (QED) is 0.932. The summed E-state index contributed by atoms with van der Waals surface area (Å²) in [4.78, 5) is 4.53. The fourth-order valence-corrected chi connectivity index (χ4v) is 2.29. The predicted octanol–water partition coefficient (Wildman–Crippen LogP) is 3.29. The Morgan fingerprint density at radius 3 is 2.65 bits per heavy atom. The van der Waals surface area contributed by atoms with Crippen molar-refractivity contribution in [3.05, 3.63) is 35.4 Å². The molecular formula is C15H17FN4. The average Bonchev–Trinajstić information content (AvgIpc) is 2.76. The van der Waals surface area contributed by atoms with Gasteiger partial charge in [-0.2, -0.15) is 5.26 Å². The van der Waals surface area contributed by atoms with Crippen molar-refractivity contribution in [2.24, 2.45) is 0 Å². The van der Waals surface area contributed by atoms with Gasteiger partial charge in [0, 0.05) is 18.0 Å². The summed E-state index contributed by atoms with van der Waals surface area (Å²) in [5, 5.41) is 8.91. The van der Waals surface area contributed by atoms with Crippen molar-refractivity contribution in [2.45, 2.75) is 33.2 Å². The van der Waals surface area contributed by atoms with E-state index in [0.29, 0.717) is 17.1 Å². The van der Waals surface area contributed by atoms with Gasteiger partial charge < -0.3 is 10.3 Å². The van der Waals surface area contributed by atoms with Gasteiger partial charge in [-0.1, -0.05) is 6.92 Å². The Hall–Kier alpha value is -2.35. The van der Waals surface area contributed by atoms with Crippen molar-refractivity contribution in [2.75, 3.05) is 5.73 Å². The van der Waals surface area contributed by atoms with E-state index >= 15 is 0 Å². The minimum absolute atomic E-state index is 0.000884. The molecule has 1 aromatic heterocycles. The zero-order valence-electron chi connectivity index (χ0n) is 11.8. The van der Waals surface area contributed by atoms with Crippen LogP contribution in [0.2, 0.25) is 0 Å². The molecule has 20 heavy (non-hydrogen) atoms. The molecule has 4 nitrogen and oxygen atoms in total. The third kappa shape index (κ3) is 2.25. The molecule has 0 bridgehead atoms. The minimum atomic E-state index is -0.533. The first kappa shape index (κ1) is 14.1. The molecule has 0 unspecified atom stereocenters. The van der Waals surface area contributed by atoms with Crippen molar-refractivity contribution in [3.8, 4) is 17.3 Å². The number of nitrogen functional groups attached to an aromatic ring is 1. The standard InChI is InChI=1S/C15H17FN4/c1-4-13-19-14(15(18)20(13)9(2)3)10-5-6-12(16)11(7-10)8-17/h5-7,9H,4,18H2,1-3H3. The van der Waals surface area contributed by atoms with E-state index in [1.54, 1.807) is 6.07 Å². The van der Waals surface area contributed by atoms with Gasteiger partial charge in [0.2, 0.25) is 0 Å². The lowest BCUT2D eigenvalue weighted by atomic mass is 10.1. The third-order valence-corrected chi connectivity index (χ3v) is 3.21. The lowest BCUT2D eigenvalue weighted by Gasteiger charge is -2.12. The molecule has 0 fully saturated rings. The van der Waals surface area contributed by atoms with Gasteiger partial charge in [-0.25, -0.2) is 9.37 Å². The summed E-state index contributed by atoms with van der Waals surface area (Å²) in [7, 11) is 0. The van der Waals surface area contributed by atoms with Crippen LogP contribution in [0.1, 0.15) is 38.2 Å². The molecule has 2 N–H and O–H groups in total. The summed E-state index contributed by atoms with van der Waals surface area (Å²) in [6.45, 7) is 6.08. The smallest absolute Gasteiger partial charge is 0.140 e. The van der Waals surface area contributed by atoms with Crippen molar-refractivity contribution in [3.63, 3.8) is 0 Å². The largest absolute Gasteiger partial charge is 0.383 e. The van der Waals surface area contributed by atoms with Gasteiger partial charge in [0.25, 0.3) is 0 Å². The molecule has 0 aliphatic rings. The molecule has 0 atom stereocenters. The van der Waals surface area contributed by atoms with Crippen LogP contribution in [0.15, 0.2) is 18.2 Å². The molecule has 1 aromatic carbocycles. The fraction of sp³-hybridized carbons (Fsp3) is 0.333. The molecule has 0 saturated carbocycles. The number of aromatic nitrogens is 2. The molecule has 2 rings (SSSR count). The number of hydrogen-bond donors (Lipinski definition) is 1. The second-order valence-corrected chi connectivity index (χ2v) is 4.89. The molecule has 5 heteroatoms. The topological polar surface area (TPSA) is 67.6 Å². The summed E-state index contributed by atoms with van der Waals surface area (Å²) >= 11 is 0. The molecule has 104 valence electrons. The van der Waals surface area contributed by atoms with Gasteiger partial charge >= 0.3 is 0 Å². The number of imidazole rings is 1. The van der Waals surface area contributed by atoms with Gasteiger partial charge in [-0.15, -0.1) is 0 Å². The second kappa shape index (κ2) is 5.33. The predicted molar refractivity (Wildman–Crippen MR) is 76.5 cm³/mol. The minimum Gasteiger partial charge on any atom is -0.383 e. The Balaban J connectivity index is 2.62. The van der Waals surface area contributed by atoms with Crippen LogP contribution < -0.4 is 5.73 Å². The highest BCUT2D eigenvalue weighted by Gasteiger charge is 2.17. The summed E-state index contributed by atoms with van der Waals surface area (Å²) in [5.74, 6) is 0.900. The van der Waals surface area contributed by atoms with Crippen LogP contribution in [-0.2, 0) is 6.42 Å². The van der Waals surface area contributed by atoms with Gasteiger partial charge in [0.15, 0.2) is 0 Å². The Kier molecular flexibility index (Phi) is 3.75. The van der Waals surface area contributed by atoms with Crippen molar-refractivity contribution in [1.82, 2.24) is 9.55 Å². The van der Waals surface area contributed by atoms with Crippen LogP contribution in [0.25, 0.3) is 11.3 Å². The summed E-state index contributed by atoms with van der Waals surface area (Å²) < 4.78 is 15.3. The molecule has 1 heterocycles. The molecule has 0 aliphatic carbocycles. The van der Waals surface area contributed by atoms with Crippen LogP contribution in [-0.4, -0.2) is 9.55 Å². The van der Waals surface area contributed by atoms with Gasteiger partial charge in [-0.05, 0) is 32.0 Å². The number of anilines is 1. The Morgan fingerprint density at radius 2 is 2.15 bits per heavy atom. The highest BCUT2D eigenvalue weighted by molar-refractivity contribution is 5.72. The number of aryl methyl sites for hydroxylation is 1. The molecule has 2 aromatic rings. The van der Waals surface area contributed by atoms with Crippen molar-refractivity contribution in [1.29, 1.82) is 5.26 Å². The number of nitriles is 1. The highest BCUT2D eigenvalue weighted by atomic mass is 19.1. The second-order valence-electron chi connectivity index (χ2n) is 4.89. The van der Waals surface area contributed by atoms with E-state index in [1.807, 2.05) is 31.4 Å². The van der Waals surface area contributed by atoms with E-state index in [0.717, 1.165) is 12.2 Å². The third-order valence-electron chi connectivity index (χ3n) is 3.21. The fourth-order valence-electron chi connectivity index (χ4n) is 2.29. The molecule has 0 radical (unpaired) electrons. The van der Waals surface area contributed by atoms with Crippen LogP contribution >= 0.6 is 0 Å². The van der Waals surface area contributed by atoms with Crippen LogP contribution in [0.4, 0.5) is 10.2 Å². The van der Waals surface area contributed by atoms with Gasteiger partial charge in [-0.3, -0.25) is 0 Å². The van der Waals surface area contributed by atoms with Crippen molar-refractivity contribution < 1.29 is 4.39 Å². The SMILES string of the molecule is CCc1nc(-c2ccc(F)c(C#N)c2)c(N)n1C(C)C. The van der Waals surface area contributed by atoms with Gasteiger partial charge in [0.1, 0.15) is 29.2 Å². The van der Waals surface area contributed by atoms with E-state index in [4.69, 9.17) is 11.0 Å². The summed E-state index contributed by atoms with van der Waals surface area (Å²) in [6, 6.07) is 6.38. The first-order chi connectivity index (χ1) is 9.49. The number of benzene rings is 1. The highest BCUT2D eigenvalue weighted by Crippen LogP contribution is 2.30. The Labute approximate surface area is 117 Å². The lowest BCUT2D eigenvalue weighted by molar-refractivity contribution is 0.579. The normalized spacial score (nSPS) is 10.8. The van der Waals surface area contributed by atoms with E-state index in [2.05, 4.69) is 4.98 Å². The van der Waals surface area contributed by atoms with Gasteiger partial charge in [0.05, 0.1) is 5.56 Å². The molecule has 0 aliphatic heterocycles. The van der Waals surface area contributed by atoms with Crippen LogP contribution in [0.3, 0.4) is 0 Å². The zero-order valence-corrected chi connectivity index (χ0v) is 11.8. The Morgan fingerprint density at radius 1 is 1.45 bits per heavy atom. The number of nitrogens with two attached hydrogens (primary N) is 1. The maximum absolute atomic E-state index is 13.4. The van der Waals surface area contributed by atoms with E-state index in [9.17, 15) is 4.39 Å². The number of rotatable bonds is 3. The number of nitrogens with zero attached hydrogens (tertiary/aromatic N) is 3. The average molecular weight is 272 g/mol. The van der Waals surface area contributed by atoms with Crippen LogP contribution in [0, 0.1) is 17.1 Å². The van der Waals surface area contributed by atoms with Crippen molar-refractivity contribution >= 4 is 5.82 Å². The van der Waals surface area contributed by atoms with E-state index in [1.165, 1.54) is 12.1 Å². The molecule has 0 saturated heterocycles. The number of hydrogen-bond acceptors (Lipinski definition) is 3. The molecular weight excluding hydrogens is 255 g/mol. The first-order valence-electron chi connectivity index (χ1n) is 6.56. The summed E-state index contributed by atoms with van der Waals surface area (Å²) in [6.07, 6.45) is 0.759. The van der Waals surface area contributed by atoms with Crippen LogP contribution in [0.5, 0.6) is 0 Å². The zero-order chi connectivity index (χ0) is 14.9. The van der Waals surface area contributed by atoms with E-state index < -0.39 is 5.82 Å². The maximum atomic E-state index is 13.4. The first-order valence-corrected chi connectivity index (χ1v) is 6.56. The summed E-state index contributed by atoms with van der Waals surface area (Å²) in [5.41, 5.74) is 7.43. The maximum Gasteiger partial charge on any atom is 0.140 e. The lowest BCUT2D eigenvalue weighted by Crippen LogP contribution is -2.08. The Bertz CT molecular complexity index is 680. The monoisotopic (exact) mass is 272 g/mol.